The molecule has 1 N–H and O–H groups in total. The smallest absolute Gasteiger partial charge is 0.341 e. The van der Waals surface area contributed by atoms with Crippen molar-refractivity contribution >= 4 is 49.7 Å². The highest BCUT2D eigenvalue weighted by atomic mass is 35.5. The van der Waals surface area contributed by atoms with Gasteiger partial charge in [0.15, 0.2) is 9.84 Å². The zero-order valence-corrected chi connectivity index (χ0v) is 17.6. The SMILES string of the molecule is CCOC(=O)c1c(NC(=O)c2cc(Cl)ccc2OC)sc2c1CCS(=O)(=O)C2. The van der Waals surface area contributed by atoms with Gasteiger partial charge in [0, 0.05) is 9.90 Å². The third-order valence-corrected chi connectivity index (χ3v) is 7.34. The van der Waals surface area contributed by atoms with Gasteiger partial charge in [-0.1, -0.05) is 11.6 Å². The summed E-state index contributed by atoms with van der Waals surface area (Å²) >= 11 is 7.06. The lowest BCUT2D eigenvalue weighted by Crippen LogP contribution is -2.20. The molecule has 0 unspecified atom stereocenters. The molecule has 0 spiro atoms. The Hall–Kier alpha value is -2.10. The fraction of sp³-hybridized carbons (Fsp3) is 0.333. The zero-order chi connectivity index (χ0) is 20.5. The van der Waals surface area contributed by atoms with Crippen LogP contribution in [0, 0.1) is 0 Å². The van der Waals surface area contributed by atoms with Gasteiger partial charge in [-0.15, -0.1) is 11.3 Å². The first-order valence-corrected chi connectivity index (χ1v) is 11.4. The topological polar surface area (TPSA) is 98.8 Å². The molecule has 150 valence electrons. The van der Waals surface area contributed by atoms with Crippen LogP contribution in [-0.2, 0) is 26.7 Å². The molecule has 0 saturated heterocycles. The Bertz CT molecular complexity index is 1040. The second kappa shape index (κ2) is 8.10. The van der Waals surface area contributed by atoms with Crippen molar-refractivity contribution in [3.63, 3.8) is 0 Å². The van der Waals surface area contributed by atoms with E-state index in [1.807, 2.05) is 0 Å². The molecule has 0 fully saturated rings. The number of rotatable bonds is 5. The molecule has 28 heavy (non-hydrogen) atoms. The van der Waals surface area contributed by atoms with Gasteiger partial charge in [0.25, 0.3) is 5.91 Å². The van der Waals surface area contributed by atoms with Crippen LogP contribution in [0.3, 0.4) is 0 Å². The number of carbonyl (C=O) groups is 2. The molecule has 0 saturated carbocycles. The average molecular weight is 444 g/mol. The first kappa shape index (κ1) is 20.6. The second-order valence-corrected chi connectivity index (χ2v) is 9.79. The van der Waals surface area contributed by atoms with Crippen LogP contribution in [0.15, 0.2) is 18.2 Å². The summed E-state index contributed by atoms with van der Waals surface area (Å²) in [5.41, 5.74) is 1.03. The number of esters is 1. The number of benzene rings is 1. The highest BCUT2D eigenvalue weighted by Gasteiger charge is 2.32. The number of thiophene rings is 1. The van der Waals surface area contributed by atoms with Crippen molar-refractivity contribution < 1.29 is 27.5 Å². The molecular weight excluding hydrogens is 426 g/mol. The van der Waals surface area contributed by atoms with E-state index in [1.165, 1.54) is 13.2 Å². The van der Waals surface area contributed by atoms with Crippen molar-refractivity contribution in [2.75, 3.05) is 24.8 Å². The van der Waals surface area contributed by atoms with Crippen molar-refractivity contribution in [2.45, 2.75) is 19.1 Å². The molecule has 1 aromatic carbocycles. The molecule has 2 heterocycles. The summed E-state index contributed by atoms with van der Waals surface area (Å²) in [5.74, 6) is -0.989. The zero-order valence-electron chi connectivity index (χ0n) is 15.2. The summed E-state index contributed by atoms with van der Waals surface area (Å²) in [5, 5.41) is 3.31. The summed E-state index contributed by atoms with van der Waals surface area (Å²) in [7, 11) is -1.80. The van der Waals surface area contributed by atoms with Gasteiger partial charge >= 0.3 is 5.97 Å². The number of fused-ring (bicyclic) bond motifs is 1. The molecule has 0 radical (unpaired) electrons. The van der Waals surface area contributed by atoms with Gasteiger partial charge in [-0.25, -0.2) is 13.2 Å². The predicted molar refractivity (Wildman–Crippen MR) is 107 cm³/mol. The molecule has 1 aromatic heterocycles. The minimum atomic E-state index is -3.23. The summed E-state index contributed by atoms with van der Waals surface area (Å²) in [6.07, 6.45) is 0.207. The molecule has 3 rings (SSSR count). The summed E-state index contributed by atoms with van der Waals surface area (Å²) in [6, 6.07) is 4.61. The van der Waals surface area contributed by atoms with E-state index in [0.29, 0.717) is 21.2 Å². The second-order valence-electron chi connectivity index (χ2n) is 6.07. The molecule has 1 aliphatic heterocycles. The number of amides is 1. The fourth-order valence-corrected chi connectivity index (χ4v) is 6.16. The van der Waals surface area contributed by atoms with E-state index in [2.05, 4.69) is 5.32 Å². The van der Waals surface area contributed by atoms with Crippen molar-refractivity contribution in [1.29, 1.82) is 0 Å². The van der Waals surface area contributed by atoms with Crippen molar-refractivity contribution in [1.82, 2.24) is 0 Å². The summed E-state index contributed by atoms with van der Waals surface area (Å²) in [6.45, 7) is 1.84. The minimum absolute atomic E-state index is 0.0430. The number of nitrogens with one attached hydrogen (secondary N) is 1. The molecule has 2 aromatic rings. The van der Waals surface area contributed by atoms with Crippen molar-refractivity contribution in [2.24, 2.45) is 0 Å². The van der Waals surface area contributed by atoms with Crippen LogP contribution in [0.4, 0.5) is 5.00 Å². The number of ether oxygens (including phenoxy) is 2. The van der Waals surface area contributed by atoms with Crippen molar-refractivity contribution in [3.8, 4) is 5.75 Å². The van der Waals surface area contributed by atoms with Crippen LogP contribution in [0.25, 0.3) is 0 Å². The standard InChI is InChI=1S/C18H18ClNO6S2/c1-3-26-18(22)15-11-6-7-28(23,24)9-14(11)27-17(15)20-16(21)12-8-10(19)4-5-13(12)25-2/h4-5,8H,3,6-7,9H2,1-2H3,(H,20,21). The maximum absolute atomic E-state index is 12.8. The minimum Gasteiger partial charge on any atom is -0.496 e. The maximum Gasteiger partial charge on any atom is 0.341 e. The number of anilines is 1. The van der Waals surface area contributed by atoms with Gasteiger partial charge < -0.3 is 14.8 Å². The Morgan fingerprint density at radius 2 is 2.07 bits per heavy atom. The van der Waals surface area contributed by atoms with E-state index >= 15 is 0 Å². The Morgan fingerprint density at radius 1 is 1.32 bits per heavy atom. The monoisotopic (exact) mass is 443 g/mol. The Morgan fingerprint density at radius 3 is 2.75 bits per heavy atom. The average Bonchev–Trinajstić information content (AvgIpc) is 2.97. The van der Waals surface area contributed by atoms with Crippen LogP contribution < -0.4 is 10.1 Å². The van der Waals surface area contributed by atoms with Gasteiger partial charge in [0.1, 0.15) is 10.8 Å². The highest BCUT2D eigenvalue weighted by molar-refractivity contribution is 7.90. The number of hydrogen-bond acceptors (Lipinski definition) is 7. The lowest BCUT2D eigenvalue weighted by molar-refractivity contribution is 0.0527. The maximum atomic E-state index is 12.8. The van der Waals surface area contributed by atoms with Crippen molar-refractivity contribution in [3.05, 3.63) is 44.8 Å². The summed E-state index contributed by atoms with van der Waals surface area (Å²) in [4.78, 5) is 25.8. The molecule has 10 heteroatoms. The molecule has 0 aliphatic carbocycles. The number of sulfone groups is 1. The number of halogens is 1. The molecular formula is C18H18ClNO6S2. The lowest BCUT2D eigenvalue weighted by Gasteiger charge is -2.13. The molecule has 1 aliphatic rings. The molecule has 1 amide bonds. The third kappa shape index (κ3) is 4.16. The fourth-order valence-electron chi connectivity index (χ4n) is 2.96. The van der Waals surface area contributed by atoms with Crippen LogP contribution >= 0.6 is 22.9 Å². The number of carbonyl (C=O) groups excluding carboxylic acids is 2. The van der Waals surface area contributed by atoms with Gasteiger partial charge in [-0.2, -0.15) is 0 Å². The van der Waals surface area contributed by atoms with Gasteiger partial charge in [0.2, 0.25) is 0 Å². The number of hydrogen-bond donors (Lipinski definition) is 1. The van der Waals surface area contributed by atoms with E-state index in [0.717, 1.165) is 11.3 Å². The quantitative estimate of drug-likeness (QED) is 0.712. The largest absolute Gasteiger partial charge is 0.496 e. The van der Waals surface area contributed by atoms with E-state index < -0.39 is 21.7 Å². The first-order chi connectivity index (χ1) is 13.3. The lowest BCUT2D eigenvalue weighted by atomic mass is 10.1. The van der Waals surface area contributed by atoms with Gasteiger partial charge in [-0.3, -0.25) is 4.79 Å². The van der Waals surface area contributed by atoms with Gasteiger partial charge in [0.05, 0.1) is 36.3 Å². The van der Waals surface area contributed by atoms with E-state index in [-0.39, 0.29) is 40.7 Å². The van der Waals surface area contributed by atoms with Crippen LogP contribution in [0.2, 0.25) is 5.02 Å². The van der Waals surface area contributed by atoms with Crippen LogP contribution in [0.1, 0.15) is 38.1 Å². The first-order valence-electron chi connectivity index (χ1n) is 8.42. The molecule has 0 bridgehead atoms. The summed E-state index contributed by atoms with van der Waals surface area (Å²) < 4.78 is 34.2. The van der Waals surface area contributed by atoms with E-state index in [9.17, 15) is 18.0 Å². The highest BCUT2D eigenvalue weighted by Crippen LogP contribution is 2.39. The van der Waals surface area contributed by atoms with Gasteiger partial charge in [-0.05, 0) is 37.1 Å². The van der Waals surface area contributed by atoms with E-state index in [1.54, 1.807) is 19.1 Å². The Kier molecular flexibility index (Phi) is 5.97. The Labute approximate surface area is 171 Å². The number of methoxy groups -OCH3 is 1. The van der Waals surface area contributed by atoms with Crippen LogP contribution in [0.5, 0.6) is 5.75 Å². The normalized spacial score (nSPS) is 14.8. The predicted octanol–water partition coefficient (Wildman–Crippen LogP) is 3.31. The Balaban J connectivity index is 2.02. The third-order valence-electron chi connectivity index (χ3n) is 4.22. The van der Waals surface area contributed by atoms with E-state index in [4.69, 9.17) is 21.1 Å². The molecule has 0 atom stereocenters. The molecule has 7 nitrogen and oxygen atoms in total. The van der Waals surface area contributed by atoms with Crippen LogP contribution in [-0.4, -0.2) is 39.8 Å².